The molecule has 2 fully saturated rings. The molecule has 3 atom stereocenters. The lowest BCUT2D eigenvalue weighted by Crippen LogP contribution is -2.53. The van der Waals surface area contributed by atoms with Crippen LogP contribution in [0.15, 0.2) is 29.2 Å². The number of nitrogens with two attached hydrogens (primary N) is 1. The summed E-state index contributed by atoms with van der Waals surface area (Å²) in [5.41, 5.74) is 6.89. The van der Waals surface area contributed by atoms with Gasteiger partial charge in [-0.1, -0.05) is 17.7 Å². The van der Waals surface area contributed by atoms with E-state index in [-0.39, 0.29) is 22.8 Å². The van der Waals surface area contributed by atoms with Crippen molar-refractivity contribution in [1.29, 1.82) is 0 Å². The number of rotatable bonds is 3. The Hall–Kier alpha value is -1.48. The zero-order chi connectivity index (χ0) is 18.9. The fraction of sp³-hybridized carbons (Fsp3) is 0.611. The van der Waals surface area contributed by atoms with Gasteiger partial charge in [0.1, 0.15) is 0 Å². The van der Waals surface area contributed by atoms with Gasteiger partial charge in [-0.25, -0.2) is 8.42 Å². The van der Waals surface area contributed by atoms with Crippen molar-refractivity contribution in [3.05, 3.63) is 29.8 Å². The smallest absolute Gasteiger partial charge is 0.243 e. The van der Waals surface area contributed by atoms with Crippen molar-refractivity contribution >= 4 is 15.9 Å². The first-order valence-electron chi connectivity index (χ1n) is 9.08. The van der Waals surface area contributed by atoms with Gasteiger partial charge in [0.2, 0.25) is 15.9 Å². The Balaban J connectivity index is 1.60. The van der Waals surface area contributed by atoms with Crippen LogP contribution in [-0.2, 0) is 14.8 Å². The van der Waals surface area contributed by atoms with Gasteiger partial charge in [0, 0.05) is 38.1 Å². The second-order valence-corrected chi connectivity index (χ2v) is 9.22. The summed E-state index contributed by atoms with van der Waals surface area (Å²) in [6.07, 6.45) is 1.13. The summed E-state index contributed by atoms with van der Waals surface area (Å²) >= 11 is 0. The van der Waals surface area contributed by atoms with E-state index in [9.17, 15) is 18.3 Å². The molecule has 1 amide bonds. The Morgan fingerprint density at radius 3 is 2.31 bits per heavy atom. The maximum atomic E-state index is 12.7. The van der Waals surface area contributed by atoms with Gasteiger partial charge in [-0.15, -0.1) is 0 Å². The van der Waals surface area contributed by atoms with Gasteiger partial charge < -0.3 is 15.7 Å². The number of carbonyl (C=O) groups is 1. The molecule has 3 N–H and O–H groups in total. The van der Waals surface area contributed by atoms with E-state index in [2.05, 4.69) is 0 Å². The highest BCUT2D eigenvalue weighted by molar-refractivity contribution is 7.89. The molecule has 1 saturated heterocycles. The van der Waals surface area contributed by atoms with Gasteiger partial charge in [0.25, 0.3) is 0 Å². The van der Waals surface area contributed by atoms with Crippen molar-refractivity contribution in [2.45, 2.75) is 43.2 Å². The van der Waals surface area contributed by atoms with E-state index in [0.717, 1.165) is 5.56 Å². The molecule has 7 nitrogen and oxygen atoms in total. The molecule has 1 saturated carbocycles. The van der Waals surface area contributed by atoms with Gasteiger partial charge >= 0.3 is 0 Å². The normalized spacial score (nSPS) is 28.1. The molecule has 1 heterocycles. The first-order valence-corrected chi connectivity index (χ1v) is 10.5. The molecule has 1 aromatic carbocycles. The molecule has 0 aromatic heterocycles. The summed E-state index contributed by atoms with van der Waals surface area (Å²) in [6.45, 7) is 3.28. The van der Waals surface area contributed by atoms with Crippen molar-refractivity contribution in [3.63, 3.8) is 0 Å². The number of aliphatic hydroxyl groups excluding tert-OH is 1. The third kappa shape index (κ3) is 3.93. The third-order valence-electron chi connectivity index (χ3n) is 5.42. The van der Waals surface area contributed by atoms with E-state index in [1.54, 1.807) is 29.2 Å². The molecule has 1 aliphatic carbocycles. The van der Waals surface area contributed by atoms with Crippen LogP contribution in [0.3, 0.4) is 0 Å². The van der Waals surface area contributed by atoms with Crippen LogP contribution in [0.2, 0.25) is 0 Å². The highest BCUT2D eigenvalue weighted by Crippen LogP contribution is 2.26. The predicted octanol–water partition coefficient (Wildman–Crippen LogP) is 0.316. The number of benzene rings is 1. The first kappa shape index (κ1) is 19.3. The molecule has 0 unspecified atom stereocenters. The van der Waals surface area contributed by atoms with Crippen LogP contribution in [0.4, 0.5) is 0 Å². The molecule has 0 radical (unpaired) electrons. The van der Waals surface area contributed by atoms with Crippen LogP contribution in [0, 0.1) is 12.8 Å². The number of carbonyl (C=O) groups excluding carboxylic acids is 1. The Morgan fingerprint density at radius 1 is 1.12 bits per heavy atom. The SMILES string of the molecule is Cc1ccc(S(=O)(=O)N2CCN(C(=O)[C@H]3CC[C@@H](O)[C@H](N)C3)CC2)cc1. The van der Waals surface area contributed by atoms with Gasteiger partial charge in [-0.05, 0) is 38.3 Å². The molecular weight excluding hydrogens is 354 g/mol. The average molecular weight is 381 g/mol. The molecule has 144 valence electrons. The molecule has 26 heavy (non-hydrogen) atoms. The summed E-state index contributed by atoms with van der Waals surface area (Å²) < 4.78 is 26.9. The second-order valence-electron chi connectivity index (χ2n) is 7.28. The Kier molecular flexibility index (Phi) is 5.67. The molecule has 2 aliphatic rings. The number of aliphatic hydroxyl groups is 1. The predicted molar refractivity (Wildman–Crippen MR) is 97.8 cm³/mol. The lowest BCUT2D eigenvalue weighted by atomic mass is 9.83. The maximum Gasteiger partial charge on any atom is 0.243 e. The largest absolute Gasteiger partial charge is 0.392 e. The van der Waals surface area contributed by atoms with Crippen molar-refractivity contribution < 1.29 is 18.3 Å². The minimum atomic E-state index is -3.53. The third-order valence-corrected chi connectivity index (χ3v) is 7.33. The van der Waals surface area contributed by atoms with Gasteiger partial charge in [0.05, 0.1) is 11.0 Å². The molecule has 0 bridgehead atoms. The minimum Gasteiger partial charge on any atom is -0.392 e. The summed E-state index contributed by atoms with van der Waals surface area (Å²) in [4.78, 5) is 14.7. The van der Waals surface area contributed by atoms with E-state index in [4.69, 9.17) is 5.73 Å². The molecule has 1 aliphatic heterocycles. The highest BCUT2D eigenvalue weighted by Gasteiger charge is 2.36. The fourth-order valence-corrected chi connectivity index (χ4v) is 5.10. The van der Waals surface area contributed by atoms with Crippen LogP contribution < -0.4 is 5.73 Å². The molecular formula is C18H27N3O4S. The van der Waals surface area contributed by atoms with E-state index >= 15 is 0 Å². The lowest BCUT2D eigenvalue weighted by Gasteiger charge is -2.38. The minimum absolute atomic E-state index is 0.0275. The van der Waals surface area contributed by atoms with E-state index < -0.39 is 16.1 Å². The number of hydrogen-bond acceptors (Lipinski definition) is 5. The number of sulfonamides is 1. The van der Waals surface area contributed by atoms with Crippen LogP contribution in [0.5, 0.6) is 0 Å². The van der Waals surface area contributed by atoms with Crippen LogP contribution in [0.25, 0.3) is 0 Å². The topological polar surface area (TPSA) is 104 Å². The van der Waals surface area contributed by atoms with E-state index in [1.165, 1.54) is 4.31 Å². The van der Waals surface area contributed by atoms with Crippen LogP contribution >= 0.6 is 0 Å². The first-order chi connectivity index (χ1) is 12.3. The number of aryl methyl sites for hydroxylation is 1. The molecule has 3 rings (SSSR count). The van der Waals surface area contributed by atoms with Crippen LogP contribution in [-0.4, -0.2) is 67.0 Å². The number of nitrogens with zero attached hydrogens (tertiary/aromatic N) is 2. The van der Waals surface area contributed by atoms with Crippen molar-refractivity contribution in [1.82, 2.24) is 9.21 Å². The van der Waals surface area contributed by atoms with Crippen molar-refractivity contribution in [3.8, 4) is 0 Å². The number of piperazine rings is 1. The number of hydrogen-bond donors (Lipinski definition) is 2. The summed E-state index contributed by atoms with van der Waals surface area (Å²) in [6, 6.07) is 6.45. The second kappa shape index (κ2) is 7.64. The zero-order valence-corrected chi connectivity index (χ0v) is 15.9. The van der Waals surface area contributed by atoms with Gasteiger partial charge in [0.15, 0.2) is 0 Å². The Labute approximate surface area is 154 Å². The quantitative estimate of drug-likeness (QED) is 0.785. The lowest BCUT2D eigenvalue weighted by molar-refractivity contribution is -0.138. The van der Waals surface area contributed by atoms with Gasteiger partial charge in [-0.2, -0.15) is 4.31 Å². The molecule has 8 heteroatoms. The summed E-state index contributed by atoms with van der Waals surface area (Å²) in [5.74, 6) is -0.145. The van der Waals surface area contributed by atoms with E-state index in [1.807, 2.05) is 6.92 Å². The monoisotopic (exact) mass is 381 g/mol. The van der Waals surface area contributed by atoms with Crippen LogP contribution in [0.1, 0.15) is 24.8 Å². The summed E-state index contributed by atoms with van der Waals surface area (Å²) in [7, 11) is -3.53. The molecule has 0 spiro atoms. The fourth-order valence-electron chi connectivity index (χ4n) is 3.68. The molecule has 1 aromatic rings. The number of amides is 1. The average Bonchev–Trinajstić information content (AvgIpc) is 2.64. The standard InChI is InChI=1S/C18H27N3O4S/c1-13-2-5-15(6-3-13)26(24,25)21-10-8-20(9-11-21)18(23)14-4-7-17(22)16(19)12-14/h2-3,5-6,14,16-17,22H,4,7-12,19H2,1H3/t14-,16+,17+/m0/s1. The van der Waals surface area contributed by atoms with Crippen molar-refractivity contribution in [2.75, 3.05) is 26.2 Å². The van der Waals surface area contributed by atoms with Gasteiger partial charge in [-0.3, -0.25) is 4.79 Å². The highest BCUT2D eigenvalue weighted by atomic mass is 32.2. The maximum absolute atomic E-state index is 12.7. The zero-order valence-electron chi connectivity index (χ0n) is 15.0. The Morgan fingerprint density at radius 2 is 1.73 bits per heavy atom. The van der Waals surface area contributed by atoms with E-state index in [0.29, 0.717) is 45.4 Å². The van der Waals surface area contributed by atoms with Crippen molar-refractivity contribution in [2.24, 2.45) is 11.7 Å². The summed E-state index contributed by atoms with van der Waals surface area (Å²) in [5, 5.41) is 9.71. The Bertz CT molecular complexity index is 742.